The van der Waals surface area contributed by atoms with Crippen molar-refractivity contribution in [1.82, 2.24) is 10.2 Å². The Morgan fingerprint density at radius 2 is 2.22 bits per heavy atom. The monoisotopic (exact) mass is 282 g/mol. The molecule has 2 heterocycles. The van der Waals surface area contributed by atoms with E-state index in [0.29, 0.717) is 11.1 Å². The summed E-state index contributed by atoms with van der Waals surface area (Å²) in [7, 11) is 0. The van der Waals surface area contributed by atoms with Crippen molar-refractivity contribution in [3.05, 3.63) is 17.5 Å². The Balaban J connectivity index is 1.70. The van der Waals surface area contributed by atoms with Crippen LogP contribution in [0.1, 0.15) is 25.7 Å². The van der Waals surface area contributed by atoms with Crippen molar-refractivity contribution in [2.24, 2.45) is 0 Å². The maximum absolute atomic E-state index is 9.91. The predicted octanol–water partition coefficient (Wildman–Crippen LogP) is 3.19. The molecule has 1 fully saturated rings. The fraction of sp³-hybridized carbons (Fsp3) is 0.500. The molecule has 0 aliphatic heterocycles. The van der Waals surface area contributed by atoms with Crippen LogP contribution in [0.25, 0.3) is 10.8 Å². The predicted molar refractivity (Wildman–Crippen MR) is 71.7 cm³/mol. The summed E-state index contributed by atoms with van der Waals surface area (Å²) in [5, 5.41) is 20.7. The summed E-state index contributed by atoms with van der Waals surface area (Å²) in [6.45, 7) is 0. The summed E-state index contributed by atoms with van der Waals surface area (Å²) in [6.07, 6.45) is 3.93. The molecule has 0 aromatic carbocycles. The number of hydrogen-bond donors (Lipinski definition) is 1. The third kappa shape index (κ3) is 2.60. The van der Waals surface area contributed by atoms with Crippen molar-refractivity contribution in [2.75, 3.05) is 0 Å². The molecule has 1 N–H and O–H groups in total. The quantitative estimate of drug-likeness (QED) is 0.936. The molecule has 2 aromatic rings. The van der Waals surface area contributed by atoms with E-state index in [1.807, 2.05) is 17.5 Å². The zero-order valence-corrected chi connectivity index (χ0v) is 11.4. The highest BCUT2D eigenvalue weighted by Crippen LogP contribution is 2.34. The first kappa shape index (κ1) is 12.2. The normalized spacial score (nSPS) is 24.3. The van der Waals surface area contributed by atoms with E-state index >= 15 is 0 Å². The van der Waals surface area contributed by atoms with Gasteiger partial charge in [-0.15, -0.1) is 21.5 Å². The van der Waals surface area contributed by atoms with E-state index in [2.05, 4.69) is 10.2 Å². The first-order valence-corrected chi connectivity index (χ1v) is 7.81. The molecule has 0 radical (unpaired) electrons. The highest BCUT2D eigenvalue weighted by atomic mass is 32.2. The van der Waals surface area contributed by atoms with Gasteiger partial charge in [-0.05, 0) is 24.3 Å². The van der Waals surface area contributed by atoms with Gasteiger partial charge in [-0.3, -0.25) is 0 Å². The molecular weight excluding hydrogens is 268 g/mol. The molecule has 2 atom stereocenters. The van der Waals surface area contributed by atoms with Crippen LogP contribution >= 0.6 is 23.1 Å². The first-order valence-electron chi connectivity index (χ1n) is 6.05. The standard InChI is InChI=1S/C12H14N2O2S2/c15-8-4-1-2-5-9(8)18-12-14-13-11(16-12)10-6-3-7-17-10/h3,6-9,15H,1-2,4-5H2. The second-order valence-electron chi connectivity index (χ2n) is 4.36. The Labute approximate surface area is 113 Å². The number of aromatic nitrogens is 2. The minimum Gasteiger partial charge on any atom is -0.410 e. The fourth-order valence-electron chi connectivity index (χ4n) is 2.10. The van der Waals surface area contributed by atoms with Gasteiger partial charge in [0.15, 0.2) is 0 Å². The van der Waals surface area contributed by atoms with Gasteiger partial charge in [-0.2, -0.15) is 0 Å². The summed E-state index contributed by atoms with van der Waals surface area (Å²) in [5.41, 5.74) is 0. The third-order valence-corrected chi connectivity index (χ3v) is 5.14. The van der Waals surface area contributed by atoms with E-state index in [4.69, 9.17) is 4.42 Å². The van der Waals surface area contributed by atoms with Crippen LogP contribution < -0.4 is 0 Å². The van der Waals surface area contributed by atoms with Crippen LogP contribution in [0.15, 0.2) is 27.2 Å². The molecule has 96 valence electrons. The van der Waals surface area contributed by atoms with Gasteiger partial charge >= 0.3 is 0 Å². The van der Waals surface area contributed by atoms with Crippen LogP contribution in [-0.4, -0.2) is 26.7 Å². The van der Waals surface area contributed by atoms with Crippen LogP contribution in [0, 0.1) is 0 Å². The van der Waals surface area contributed by atoms with E-state index in [0.717, 1.165) is 24.1 Å². The number of rotatable bonds is 3. The summed E-state index contributed by atoms with van der Waals surface area (Å²) < 4.78 is 5.62. The molecule has 0 amide bonds. The average Bonchev–Trinajstić information content (AvgIpc) is 3.02. The third-order valence-electron chi connectivity index (χ3n) is 3.06. The molecule has 0 spiro atoms. The second-order valence-corrected chi connectivity index (χ2v) is 6.50. The molecule has 0 saturated heterocycles. The highest BCUT2D eigenvalue weighted by molar-refractivity contribution is 7.99. The van der Waals surface area contributed by atoms with Crippen LogP contribution in [0.3, 0.4) is 0 Å². The molecular formula is C12H14N2O2S2. The van der Waals surface area contributed by atoms with E-state index in [1.54, 1.807) is 11.3 Å². The molecule has 2 unspecified atom stereocenters. The lowest BCUT2D eigenvalue weighted by Gasteiger charge is -2.25. The smallest absolute Gasteiger partial charge is 0.277 e. The molecule has 0 bridgehead atoms. The van der Waals surface area contributed by atoms with Crippen LogP contribution in [0.5, 0.6) is 0 Å². The molecule has 2 aromatic heterocycles. The number of aliphatic hydroxyl groups is 1. The molecule has 18 heavy (non-hydrogen) atoms. The number of nitrogens with zero attached hydrogens (tertiary/aromatic N) is 2. The van der Waals surface area contributed by atoms with Crippen molar-refractivity contribution in [3.8, 4) is 10.8 Å². The highest BCUT2D eigenvalue weighted by Gasteiger charge is 2.26. The summed E-state index contributed by atoms with van der Waals surface area (Å²) in [5.74, 6) is 0.567. The maximum atomic E-state index is 9.91. The molecule has 6 heteroatoms. The maximum Gasteiger partial charge on any atom is 0.277 e. The summed E-state index contributed by atoms with van der Waals surface area (Å²) in [4.78, 5) is 0.985. The van der Waals surface area contributed by atoms with E-state index in [-0.39, 0.29) is 11.4 Å². The van der Waals surface area contributed by atoms with E-state index < -0.39 is 0 Å². The van der Waals surface area contributed by atoms with Gasteiger partial charge in [0.2, 0.25) is 0 Å². The summed E-state index contributed by atoms with van der Waals surface area (Å²) in [6, 6.07) is 3.92. The lowest BCUT2D eigenvalue weighted by atomic mass is 9.97. The van der Waals surface area contributed by atoms with Crippen molar-refractivity contribution in [2.45, 2.75) is 42.3 Å². The van der Waals surface area contributed by atoms with Gasteiger partial charge in [0.05, 0.1) is 11.0 Å². The van der Waals surface area contributed by atoms with Crippen molar-refractivity contribution < 1.29 is 9.52 Å². The Bertz CT molecular complexity index is 498. The Morgan fingerprint density at radius 1 is 1.33 bits per heavy atom. The minimum atomic E-state index is -0.249. The number of aliphatic hydroxyl groups excluding tert-OH is 1. The average molecular weight is 282 g/mol. The molecule has 1 aliphatic rings. The van der Waals surface area contributed by atoms with Gasteiger partial charge in [0.25, 0.3) is 11.1 Å². The Morgan fingerprint density at radius 3 is 3.00 bits per heavy atom. The minimum absolute atomic E-state index is 0.190. The second kappa shape index (κ2) is 5.42. The van der Waals surface area contributed by atoms with Crippen molar-refractivity contribution >= 4 is 23.1 Å². The van der Waals surface area contributed by atoms with Gasteiger partial charge < -0.3 is 9.52 Å². The zero-order chi connectivity index (χ0) is 12.4. The van der Waals surface area contributed by atoms with Gasteiger partial charge in [-0.1, -0.05) is 30.7 Å². The lowest BCUT2D eigenvalue weighted by Crippen LogP contribution is -2.26. The van der Waals surface area contributed by atoms with Crippen LogP contribution in [-0.2, 0) is 0 Å². The molecule has 1 aliphatic carbocycles. The number of thiophene rings is 1. The number of hydrogen-bond acceptors (Lipinski definition) is 6. The molecule has 3 rings (SSSR count). The Hall–Kier alpha value is -0.850. The zero-order valence-electron chi connectivity index (χ0n) is 9.78. The fourth-order valence-corrected chi connectivity index (χ4v) is 3.80. The largest absolute Gasteiger partial charge is 0.410 e. The first-order chi connectivity index (χ1) is 8.83. The van der Waals surface area contributed by atoms with Crippen molar-refractivity contribution in [1.29, 1.82) is 0 Å². The lowest BCUT2D eigenvalue weighted by molar-refractivity contribution is 0.136. The van der Waals surface area contributed by atoms with Gasteiger partial charge in [-0.25, -0.2) is 0 Å². The van der Waals surface area contributed by atoms with E-state index in [1.165, 1.54) is 18.2 Å². The molecule has 4 nitrogen and oxygen atoms in total. The number of thioether (sulfide) groups is 1. The van der Waals surface area contributed by atoms with Crippen LogP contribution in [0.4, 0.5) is 0 Å². The summed E-state index contributed by atoms with van der Waals surface area (Å²) >= 11 is 3.09. The SMILES string of the molecule is OC1CCCCC1Sc1nnc(-c2cccs2)o1. The van der Waals surface area contributed by atoms with Gasteiger partial charge in [0, 0.05) is 5.25 Å². The van der Waals surface area contributed by atoms with Gasteiger partial charge in [0.1, 0.15) is 0 Å². The molecule has 1 saturated carbocycles. The van der Waals surface area contributed by atoms with Crippen molar-refractivity contribution in [3.63, 3.8) is 0 Å². The Kier molecular flexibility index (Phi) is 3.67. The van der Waals surface area contributed by atoms with Crippen LogP contribution in [0.2, 0.25) is 0 Å². The van der Waals surface area contributed by atoms with E-state index in [9.17, 15) is 5.11 Å². The topological polar surface area (TPSA) is 59.2 Å².